The molecule has 0 saturated heterocycles. The third kappa shape index (κ3) is 8.48. The van der Waals surface area contributed by atoms with Crippen molar-refractivity contribution >= 4 is 25.2 Å². The van der Waals surface area contributed by atoms with Gasteiger partial charge in [-0.05, 0) is 12.5 Å². The van der Waals surface area contributed by atoms with Crippen LogP contribution in [0.25, 0.3) is 0 Å². The average molecular weight is 448 g/mol. The maximum Gasteiger partial charge on any atom is 0.673 e. The van der Waals surface area contributed by atoms with Gasteiger partial charge in [0.15, 0.2) is 6.54 Å². The summed E-state index contributed by atoms with van der Waals surface area (Å²) in [5.74, 6) is -1.98. The number of methoxy groups -OCH3 is 2. The third-order valence-electron chi connectivity index (χ3n) is 3.64. The van der Waals surface area contributed by atoms with Gasteiger partial charge in [-0.1, -0.05) is 30.3 Å². The zero-order valence-electron chi connectivity index (χ0n) is 17.0. The second-order valence-electron chi connectivity index (χ2n) is 5.84. The van der Waals surface area contributed by atoms with Gasteiger partial charge in [0.1, 0.15) is 6.54 Å². The molecule has 0 saturated carbocycles. The Hall–Kier alpha value is -3.38. The molecule has 1 aromatic heterocycles. The molecule has 1 aromatic carbocycles. The fraction of sp³-hybridized carbons (Fsp3) is 0.333. The molecule has 0 spiro atoms. The normalized spacial score (nSPS) is 10.5. The molecule has 0 unspecified atom stereocenters. The van der Waals surface area contributed by atoms with Gasteiger partial charge in [0, 0.05) is 0 Å². The molecule has 170 valence electrons. The zero-order chi connectivity index (χ0) is 23.6. The number of benzene rings is 1. The van der Waals surface area contributed by atoms with E-state index in [1.165, 1.54) is 25.1 Å². The third-order valence-corrected chi connectivity index (χ3v) is 3.64. The summed E-state index contributed by atoms with van der Waals surface area (Å²) in [5, 5.41) is 0. The second kappa shape index (κ2) is 11.7. The quantitative estimate of drug-likeness (QED) is 0.212. The number of carbonyl (C=O) groups is 3. The lowest BCUT2D eigenvalue weighted by Crippen LogP contribution is -2.39. The molecule has 0 N–H and O–H groups in total. The highest BCUT2D eigenvalue weighted by Crippen LogP contribution is 2.12. The van der Waals surface area contributed by atoms with Crippen LogP contribution in [0.4, 0.5) is 17.3 Å². The van der Waals surface area contributed by atoms with E-state index < -0.39 is 25.2 Å². The Balaban J connectivity index is 0.000000861. The minimum atomic E-state index is -6.00. The first-order valence-corrected chi connectivity index (χ1v) is 8.87. The summed E-state index contributed by atoms with van der Waals surface area (Å²) in [4.78, 5) is 36.4. The van der Waals surface area contributed by atoms with Crippen LogP contribution in [0, 0.1) is 0 Å². The summed E-state index contributed by atoms with van der Waals surface area (Å²) in [6.07, 6.45) is 1.50. The zero-order valence-corrected chi connectivity index (χ0v) is 17.0. The molecule has 13 heteroatoms. The summed E-state index contributed by atoms with van der Waals surface area (Å²) in [6.45, 7) is 1.97. The Labute approximate surface area is 175 Å². The molecule has 0 aliphatic rings. The molecule has 0 aliphatic heterocycles. The topological polar surface area (TPSA) is 87.7 Å². The maximum absolute atomic E-state index is 12.3. The van der Waals surface area contributed by atoms with Crippen molar-refractivity contribution in [2.45, 2.75) is 20.0 Å². The lowest BCUT2D eigenvalue weighted by Gasteiger charge is -2.03. The number of rotatable bonds is 7. The van der Waals surface area contributed by atoms with E-state index in [0.29, 0.717) is 6.54 Å². The van der Waals surface area contributed by atoms with Crippen molar-refractivity contribution in [3.63, 3.8) is 0 Å². The van der Waals surface area contributed by atoms with E-state index in [1.54, 1.807) is 11.5 Å². The van der Waals surface area contributed by atoms with Crippen molar-refractivity contribution in [2.75, 3.05) is 20.8 Å². The van der Waals surface area contributed by atoms with Gasteiger partial charge in [-0.25, -0.2) is 23.5 Å². The standard InChI is InChI=1S/C18H21N2O6.BF4/c1-4-26-14(21)11-20-12-19(10-13-8-6-5-7-9-13)15(17(22)24-2)16(20)18(23)25-3;2-1(3,4)5/h5-9,12H,4,10-11H2,1-3H3;/q+1;-1. The first kappa shape index (κ1) is 25.7. The van der Waals surface area contributed by atoms with Crippen LogP contribution in [-0.4, -0.2) is 50.6 Å². The number of hydrogen-bond acceptors (Lipinski definition) is 6. The molecule has 2 aromatic rings. The van der Waals surface area contributed by atoms with Crippen molar-refractivity contribution in [3.8, 4) is 0 Å². The molecule has 2 rings (SSSR count). The van der Waals surface area contributed by atoms with Crippen molar-refractivity contribution in [1.82, 2.24) is 4.57 Å². The maximum atomic E-state index is 12.3. The number of halogens is 4. The van der Waals surface area contributed by atoms with Crippen LogP contribution in [-0.2, 0) is 32.1 Å². The summed E-state index contributed by atoms with van der Waals surface area (Å²) in [5.41, 5.74) is 0.850. The summed E-state index contributed by atoms with van der Waals surface area (Å²) < 4.78 is 56.4. The number of imidazole rings is 1. The van der Waals surface area contributed by atoms with Crippen molar-refractivity contribution < 1.29 is 50.4 Å². The number of ether oxygens (including phenoxy) is 3. The molecule has 0 aliphatic carbocycles. The van der Waals surface area contributed by atoms with E-state index in [9.17, 15) is 31.6 Å². The molecular weight excluding hydrogens is 427 g/mol. The van der Waals surface area contributed by atoms with E-state index in [-0.39, 0.29) is 24.5 Å². The SMILES string of the molecule is CCOC(=O)Cn1c[n+](Cc2ccccc2)c(C(=O)OC)c1C(=O)OC.F[B-](F)(F)F. The van der Waals surface area contributed by atoms with E-state index in [2.05, 4.69) is 0 Å². The first-order chi connectivity index (χ1) is 14.5. The minimum Gasteiger partial charge on any atom is -0.463 e. The van der Waals surface area contributed by atoms with Gasteiger partial charge < -0.3 is 31.5 Å². The number of carbonyl (C=O) groups excluding carboxylic acids is 3. The van der Waals surface area contributed by atoms with Crippen molar-refractivity contribution in [2.24, 2.45) is 0 Å². The average Bonchev–Trinajstić information content (AvgIpc) is 3.03. The van der Waals surface area contributed by atoms with Crippen LogP contribution in [0.15, 0.2) is 36.7 Å². The monoisotopic (exact) mass is 448 g/mol. The van der Waals surface area contributed by atoms with E-state index in [0.717, 1.165) is 5.56 Å². The van der Waals surface area contributed by atoms with E-state index in [4.69, 9.17) is 14.2 Å². The molecule has 31 heavy (non-hydrogen) atoms. The van der Waals surface area contributed by atoms with Crippen LogP contribution in [0.3, 0.4) is 0 Å². The van der Waals surface area contributed by atoms with Crippen LogP contribution in [0.5, 0.6) is 0 Å². The Morgan fingerprint density at radius 1 is 1.00 bits per heavy atom. The van der Waals surface area contributed by atoms with Gasteiger partial charge >= 0.3 is 25.2 Å². The molecule has 0 fully saturated rings. The lowest BCUT2D eigenvalue weighted by molar-refractivity contribution is -0.690. The highest BCUT2D eigenvalue weighted by molar-refractivity contribution is 6.50. The van der Waals surface area contributed by atoms with Crippen LogP contribution < -0.4 is 4.57 Å². The fourth-order valence-electron chi connectivity index (χ4n) is 2.54. The molecule has 0 amide bonds. The summed E-state index contributed by atoms with van der Waals surface area (Å²) >= 11 is 0. The number of hydrogen-bond donors (Lipinski definition) is 0. The van der Waals surface area contributed by atoms with Crippen molar-refractivity contribution in [1.29, 1.82) is 0 Å². The Morgan fingerprint density at radius 2 is 1.55 bits per heavy atom. The predicted octanol–water partition coefficient (Wildman–Crippen LogP) is 2.26. The largest absolute Gasteiger partial charge is 0.673 e. The highest BCUT2D eigenvalue weighted by Gasteiger charge is 2.36. The van der Waals surface area contributed by atoms with Gasteiger partial charge in [-0.15, -0.1) is 0 Å². The molecule has 1 heterocycles. The number of nitrogens with zero attached hydrogens (tertiary/aromatic N) is 2. The molecular formula is C18H21BF4N2O6. The van der Waals surface area contributed by atoms with Gasteiger partial charge in [0.05, 0.1) is 20.8 Å². The van der Waals surface area contributed by atoms with Gasteiger partial charge in [0.25, 0.3) is 11.4 Å². The lowest BCUT2D eigenvalue weighted by atomic mass is 10.2. The Bertz CT molecular complexity index is 896. The van der Waals surface area contributed by atoms with Gasteiger partial charge in [-0.3, -0.25) is 0 Å². The minimum absolute atomic E-state index is 0.00695. The Morgan fingerprint density at radius 3 is 2.03 bits per heavy atom. The summed E-state index contributed by atoms with van der Waals surface area (Å²) in [6, 6.07) is 9.37. The van der Waals surface area contributed by atoms with Crippen molar-refractivity contribution in [3.05, 3.63) is 53.6 Å². The van der Waals surface area contributed by atoms with Crippen LogP contribution in [0.2, 0.25) is 0 Å². The molecule has 0 radical (unpaired) electrons. The highest BCUT2D eigenvalue weighted by atomic mass is 19.5. The van der Waals surface area contributed by atoms with Gasteiger partial charge in [0.2, 0.25) is 6.33 Å². The van der Waals surface area contributed by atoms with Gasteiger partial charge in [-0.2, -0.15) is 0 Å². The fourth-order valence-corrected chi connectivity index (χ4v) is 2.54. The molecule has 0 bridgehead atoms. The predicted molar refractivity (Wildman–Crippen MR) is 99.7 cm³/mol. The molecule has 8 nitrogen and oxygen atoms in total. The van der Waals surface area contributed by atoms with E-state index in [1.807, 2.05) is 30.3 Å². The second-order valence-corrected chi connectivity index (χ2v) is 5.84. The first-order valence-electron chi connectivity index (χ1n) is 8.87. The number of esters is 3. The van der Waals surface area contributed by atoms with E-state index >= 15 is 0 Å². The molecule has 0 atom stereocenters. The Kier molecular flexibility index (Phi) is 9.70. The number of aromatic nitrogens is 2. The summed E-state index contributed by atoms with van der Waals surface area (Å²) in [7, 11) is -3.58. The smallest absolute Gasteiger partial charge is 0.463 e. The van der Waals surface area contributed by atoms with Crippen LogP contribution in [0.1, 0.15) is 33.5 Å². The van der Waals surface area contributed by atoms with Crippen LogP contribution >= 0.6 is 0 Å².